The van der Waals surface area contributed by atoms with Gasteiger partial charge in [-0.25, -0.2) is 0 Å². The van der Waals surface area contributed by atoms with E-state index in [0.717, 1.165) is 12.0 Å². The van der Waals surface area contributed by atoms with Crippen LogP contribution in [-0.4, -0.2) is 35.7 Å². The van der Waals surface area contributed by atoms with Gasteiger partial charge in [-0.05, 0) is 56.7 Å². The zero-order valence-electron chi connectivity index (χ0n) is 16.7. The lowest BCUT2D eigenvalue weighted by Gasteiger charge is -2.28. The van der Waals surface area contributed by atoms with E-state index in [-0.39, 0.29) is 24.6 Å². The van der Waals surface area contributed by atoms with E-state index in [2.05, 4.69) is 12.2 Å². The Morgan fingerprint density at radius 3 is 2.72 bits per heavy atom. The van der Waals surface area contributed by atoms with E-state index in [0.29, 0.717) is 35.0 Å². The highest BCUT2D eigenvalue weighted by atomic mass is 16.7. The molecule has 7 heteroatoms. The number of carbonyl (C=O) groups excluding carboxylic acids is 2. The summed E-state index contributed by atoms with van der Waals surface area (Å²) in [4.78, 5) is 27.2. The second-order valence-electron chi connectivity index (χ2n) is 7.33. The lowest BCUT2D eigenvalue weighted by atomic mass is 10.1. The molecule has 0 radical (unpaired) electrons. The Kier molecular flexibility index (Phi) is 5.05. The fraction of sp³-hybridized carbons (Fsp3) is 0.364. The van der Waals surface area contributed by atoms with Crippen LogP contribution in [0, 0.1) is 0 Å². The van der Waals surface area contributed by atoms with Crippen LogP contribution in [0.5, 0.6) is 17.2 Å². The van der Waals surface area contributed by atoms with E-state index in [1.807, 2.05) is 17.9 Å². The van der Waals surface area contributed by atoms with Crippen molar-refractivity contribution in [2.45, 2.75) is 45.9 Å². The molecule has 2 heterocycles. The first kappa shape index (κ1) is 19.1. The number of amides is 2. The van der Waals surface area contributed by atoms with Gasteiger partial charge in [-0.1, -0.05) is 6.92 Å². The van der Waals surface area contributed by atoms with Gasteiger partial charge >= 0.3 is 0 Å². The zero-order chi connectivity index (χ0) is 20.5. The summed E-state index contributed by atoms with van der Waals surface area (Å²) in [6.45, 7) is 6.45. The first-order valence-corrected chi connectivity index (χ1v) is 9.77. The Bertz CT molecular complexity index is 958. The van der Waals surface area contributed by atoms with Gasteiger partial charge in [0.1, 0.15) is 5.75 Å². The van der Waals surface area contributed by atoms with Crippen molar-refractivity contribution >= 4 is 17.5 Å². The summed E-state index contributed by atoms with van der Waals surface area (Å²) in [6.07, 6.45) is 0.313. The van der Waals surface area contributed by atoms with Crippen LogP contribution in [-0.2, 0) is 11.3 Å². The summed E-state index contributed by atoms with van der Waals surface area (Å²) in [5.41, 5.74) is 1.98. The molecule has 1 N–H and O–H groups in total. The average molecular weight is 396 g/mol. The fourth-order valence-corrected chi connectivity index (χ4v) is 3.47. The van der Waals surface area contributed by atoms with Crippen LogP contribution in [0.1, 0.15) is 43.1 Å². The molecule has 0 aliphatic carbocycles. The number of benzene rings is 2. The van der Waals surface area contributed by atoms with Gasteiger partial charge in [0, 0.05) is 29.4 Å². The normalized spacial score (nSPS) is 18.5. The maximum absolute atomic E-state index is 12.7. The molecule has 2 aromatic carbocycles. The minimum absolute atomic E-state index is 0.0264. The van der Waals surface area contributed by atoms with Gasteiger partial charge < -0.3 is 24.4 Å². The average Bonchev–Trinajstić information content (AvgIpc) is 3.15. The number of nitrogens with one attached hydrogen (secondary N) is 1. The molecular weight excluding hydrogens is 372 g/mol. The van der Waals surface area contributed by atoms with Gasteiger partial charge in [-0.2, -0.15) is 0 Å². The predicted molar refractivity (Wildman–Crippen MR) is 107 cm³/mol. The SMILES string of the molecule is CCC(C)N1Cc2cc(NC(=O)c3ccc4c(c3)OCO4)ccc2OC(C)C1=O. The predicted octanol–water partition coefficient (Wildman–Crippen LogP) is 3.58. The van der Waals surface area contributed by atoms with Gasteiger partial charge in [0.25, 0.3) is 11.8 Å². The summed E-state index contributed by atoms with van der Waals surface area (Å²) in [5.74, 6) is 1.58. The van der Waals surface area contributed by atoms with Crippen molar-refractivity contribution in [1.82, 2.24) is 4.90 Å². The third-order valence-corrected chi connectivity index (χ3v) is 5.35. The molecule has 29 heavy (non-hydrogen) atoms. The lowest BCUT2D eigenvalue weighted by Crippen LogP contribution is -2.42. The largest absolute Gasteiger partial charge is 0.481 e. The van der Waals surface area contributed by atoms with Crippen LogP contribution in [0.3, 0.4) is 0 Å². The fourth-order valence-electron chi connectivity index (χ4n) is 3.47. The van der Waals surface area contributed by atoms with Crippen molar-refractivity contribution in [1.29, 1.82) is 0 Å². The lowest BCUT2D eigenvalue weighted by molar-refractivity contribution is -0.139. The molecule has 0 aromatic heterocycles. The molecule has 152 valence electrons. The Labute approximate surface area is 169 Å². The van der Waals surface area contributed by atoms with Crippen LogP contribution in [0.4, 0.5) is 5.69 Å². The van der Waals surface area contributed by atoms with Gasteiger partial charge in [-0.3, -0.25) is 9.59 Å². The van der Waals surface area contributed by atoms with E-state index in [1.165, 1.54) is 0 Å². The minimum Gasteiger partial charge on any atom is -0.481 e. The molecule has 0 saturated heterocycles. The van der Waals surface area contributed by atoms with E-state index in [9.17, 15) is 9.59 Å². The molecule has 0 fully saturated rings. The monoisotopic (exact) mass is 396 g/mol. The molecule has 0 saturated carbocycles. The van der Waals surface area contributed by atoms with E-state index >= 15 is 0 Å². The van der Waals surface area contributed by atoms with Crippen LogP contribution in [0.15, 0.2) is 36.4 Å². The molecular formula is C22H24N2O5. The molecule has 2 amide bonds. The first-order valence-electron chi connectivity index (χ1n) is 9.77. The van der Waals surface area contributed by atoms with Crippen LogP contribution in [0.25, 0.3) is 0 Å². The number of nitrogens with zero attached hydrogens (tertiary/aromatic N) is 1. The second kappa shape index (κ2) is 7.66. The van der Waals surface area contributed by atoms with Crippen molar-refractivity contribution in [3.05, 3.63) is 47.5 Å². The highest BCUT2D eigenvalue weighted by Gasteiger charge is 2.30. The molecule has 4 rings (SSSR count). The number of fused-ring (bicyclic) bond motifs is 2. The molecule has 2 aliphatic heterocycles. The summed E-state index contributed by atoms with van der Waals surface area (Å²) >= 11 is 0. The van der Waals surface area contributed by atoms with E-state index in [1.54, 1.807) is 37.3 Å². The summed E-state index contributed by atoms with van der Waals surface area (Å²) in [7, 11) is 0. The van der Waals surface area contributed by atoms with E-state index in [4.69, 9.17) is 14.2 Å². The number of hydrogen-bond acceptors (Lipinski definition) is 5. The quantitative estimate of drug-likeness (QED) is 0.855. The number of ether oxygens (including phenoxy) is 3. The highest BCUT2D eigenvalue weighted by Crippen LogP contribution is 2.33. The third-order valence-electron chi connectivity index (χ3n) is 5.35. The van der Waals surface area contributed by atoms with Crippen molar-refractivity contribution in [3.8, 4) is 17.2 Å². The summed E-state index contributed by atoms with van der Waals surface area (Å²) < 4.78 is 16.5. The maximum Gasteiger partial charge on any atom is 0.263 e. The molecule has 2 aliphatic rings. The number of carbonyl (C=O) groups is 2. The van der Waals surface area contributed by atoms with Crippen molar-refractivity contribution in [2.75, 3.05) is 12.1 Å². The number of anilines is 1. The molecule has 0 spiro atoms. The van der Waals surface area contributed by atoms with Crippen LogP contribution < -0.4 is 19.5 Å². The van der Waals surface area contributed by atoms with Gasteiger partial charge in [0.05, 0.1) is 0 Å². The summed E-state index contributed by atoms with van der Waals surface area (Å²) in [6, 6.07) is 10.6. The third kappa shape index (κ3) is 3.72. The van der Waals surface area contributed by atoms with Crippen molar-refractivity contribution in [2.24, 2.45) is 0 Å². The molecule has 0 bridgehead atoms. The van der Waals surface area contributed by atoms with Crippen molar-refractivity contribution < 1.29 is 23.8 Å². The Balaban J connectivity index is 1.56. The second-order valence-corrected chi connectivity index (χ2v) is 7.33. The molecule has 2 unspecified atom stereocenters. The molecule has 2 atom stereocenters. The van der Waals surface area contributed by atoms with Crippen LogP contribution >= 0.6 is 0 Å². The topological polar surface area (TPSA) is 77.1 Å². The summed E-state index contributed by atoms with van der Waals surface area (Å²) in [5, 5.41) is 2.91. The van der Waals surface area contributed by atoms with E-state index < -0.39 is 6.10 Å². The zero-order valence-corrected chi connectivity index (χ0v) is 16.7. The number of rotatable bonds is 4. The minimum atomic E-state index is -0.542. The standard InChI is InChI=1S/C22H24N2O5/c1-4-13(2)24-11-16-9-17(6-8-18(16)29-14(3)22(24)26)23-21(25)15-5-7-19-20(10-15)28-12-27-19/h5-10,13-14H,4,11-12H2,1-3H3,(H,23,25). The highest BCUT2D eigenvalue weighted by molar-refractivity contribution is 6.04. The number of hydrogen-bond donors (Lipinski definition) is 1. The maximum atomic E-state index is 12.7. The van der Waals surface area contributed by atoms with Gasteiger partial charge in [-0.15, -0.1) is 0 Å². The smallest absolute Gasteiger partial charge is 0.263 e. The van der Waals surface area contributed by atoms with Crippen LogP contribution in [0.2, 0.25) is 0 Å². The molecule has 2 aromatic rings. The van der Waals surface area contributed by atoms with Crippen molar-refractivity contribution in [3.63, 3.8) is 0 Å². The van der Waals surface area contributed by atoms with Gasteiger partial charge in [0.2, 0.25) is 6.79 Å². The Morgan fingerprint density at radius 2 is 1.93 bits per heavy atom. The first-order chi connectivity index (χ1) is 14.0. The molecule has 7 nitrogen and oxygen atoms in total. The Morgan fingerprint density at radius 1 is 1.17 bits per heavy atom. The Hall–Kier alpha value is -3.22. The van der Waals surface area contributed by atoms with Gasteiger partial charge in [0.15, 0.2) is 17.6 Å².